The molecule has 0 spiro atoms. The highest BCUT2D eigenvalue weighted by molar-refractivity contribution is 7.18. The number of fused-ring (bicyclic) bond motifs is 1. The van der Waals surface area contributed by atoms with Gasteiger partial charge in [-0.2, -0.15) is 0 Å². The Hall–Kier alpha value is -0.640. The molecule has 0 saturated carbocycles. The largest absolute Gasteiger partial charge is 0.308 e. The molecule has 0 radical (unpaired) electrons. The van der Waals surface area contributed by atoms with Gasteiger partial charge in [0.2, 0.25) is 0 Å². The maximum Gasteiger partial charge on any atom is 0.111 e. The van der Waals surface area contributed by atoms with Crippen molar-refractivity contribution in [1.29, 1.82) is 0 Å². The van der Waals surface area contributed by atoms with Gasteiger partial charge in [0.25, 0.3) is 0 Å². The lowest BCUT2D eigenvalue weighted by molar-refractivity contribution is 0.533. The van der Waals surface area contributed by atoms with Crippen LogP contribution in [-0.2, 0) is 0 Å². The monoisotopic (exact) mass is 266 g/mol. The minimum Gasteiger partial charge on any atom is -0.308 e. The summed E-state index contributed by atoms with van der Waals surface area (Å²) in [6.07, 6.45) is 5.12. The van der Waals surface area contributed by atoms with Crippen LogP contribution in [-0.4, -0.2) is 11.5 Å². The molecule has 2 heterocycles. The van der Waals surface area contributed by atoms with E-state index in [0.717, 1.165) is 17.1 Å². The average Bonchev–Trinajstić information content (AvgIpc) is 2.57. The summed E-state index contributed by atoms with van der Waals surface area (Å²) < 4.78 is 1.23. The molecule has 0 aliphatic carbocycles. The molecular weight excluding hydrogens is 252 g/mol. The van der Waals surface area contributed by atoms with Crippen molar-refractivity contribution in [3.05, 3.63) is 28.2 Å². The van der Waals surface area contributed by atoms with Gasteiger partial charge in [0.15, 0.2) is 0 Å². The third-order valence-electron chi connectivity index (χ3n) is 3.22. The van der Waals surface area contributed by atoms with E-state index in [-0.39, 0.29) is 0 Å². The number of hydrogen-bond donors (Lipinski definition) is 1. The first-order valence-electron chi connectivity index (χ1n) is 6.12. The Bertz CT molecular complexity index is 515. The Morgan fingerprint density at radius 3 is 3.18 bits per heavy atom. The van der Waals surface area contributed by atoms with Crippen LogP contribution in [0, 0.1) is 0 Å². The second-order valence-electron chi connectivity index (χ2n) is 4.52. The zero-order chi connectivity index (χ0) is 11.7. The van der Waals surface area contributed by atoms with Crippen molar-refractivity contribution in [2.45, 2.75) is 31.7 Å². The third-order valence-corrected chi connectivity index (χ3v) is 4.61. The molecule has 3 rings (SSSR count). The van der Waals surface area contributed by atoms with Crippen molar-refractivity contribution < 1.29 is 0 Å². The molecule has 4 heteroatoms. The summed E-state index contributed by atoms with van der Waals surface area (Å²) in [4.78, 5) is 4.71. The Balaban J connectivity index is 1.93. The van der Waals surface area contributed by atoms with E-state index in [1.54, 1.807) is 11.3 Å². The first-order chi connectivity index (χ1) is 8.33. The fourth-order valence-corrected chi connectivity index (χ4v) is 3.53. The fourth-order valence-electron chi connectivity index (χ4n) is 2.31. The smallest absolute Gasteiger partial charge is 0.111 e. The predicted octanol–water partition coefficient (Wildman–Crippen LogP) is 4.15. The normalized spacial score (nSPS) is 21.6. The van der Waals surface area contributed by atoms with E-state index in [1.807, 2.05) is 12.1 Å². The number of hydrogen-bond acceptors (Lipinski definition) is 3. The summed E-state index contributed by atoms with van der Waals surface area (Å²) in [6, 6.07) is 6.39. The van der Waals surface area contributed by atoms with Crippen molar-refractivity contribution in [3.8, 4) is 0 Å². The standard InChI is InChI=1S/C13H15ClN2S/c14-9-5-6-12-11(8-9)16-13(17-12)10-4-2-1-3-7-15-10/h5-6,8,10,15H,1-4,7H2. The van der Waals surface area contributed by atoms with E-state index in [1.165, 1.54) is 35.4 Å². The summed E-state index contributed by atoms with van der Waals surface area (Å²) in [5.41, 5.74) is 1.03. The number of rotatable bonds is 1. The highest BCUT2D eigenvalue weighted by Gasteiger charge is 2.17. The minimum absolute atomic E-state index is 0.439. The highest BCUT2D eigenvalue weighted by atomic mass is 35.5. The van der Waals surface area contributed by atoms with Gasteiger partial charge in [-0.1, -0.05) is 24.4 Å². The zero-order valence-corrected chi connectivity index (χ0v) is 11.2. The number of halogens is 1. The van der Waals surface area contributed by atoms with E-state index >= 15 is 0 Å². The van der Waals surface area contributed by atoms with Gasteiger partial charge in [-0.05, 0) is 37.6 Å². The van der Waals surface area contributed by atoms with Crippen LogP contribution in [0.25, 0.3) is 10.2 Å². The molecular formula is C13H15ClN2S. The first kappa shape index (κ1) is 11.5. The molecule has 1 fully saturated rings. The molecule has 1 unspecified atom stereocenters. The van der Waals surface area contributed by atoms with E-state index in [4.69, 9.17) is 16.6 Å². The molecule has 0 bridgehead atoms. The lowest BCUT2D eigenvalue weighted by atomic mass is 10.1. The van der Waals surface area contributed by atoms with Gasteiger partial charge >= 0.3 is 0 Å². The molecule has 1 aliphatic heterocycles. The van der Waals surface area contributed by atoms with E-state index in [9.17, 15) is 0 Å². The summed E-state index contributed by atoms with van der Waals surface area (Å²) in [6.45, 7) is 1.11. The Morgan fingerprint density at radius 2 is 2.24 bits per heavy atom. The lowest BCUT2D eigenvalue weighted by Crippen LogP contribution is -2.19. The minimum atomic E-state index is 0.439. The SMILES string of the molecule is Clc1ccc2sc(C3CCCCCN3)nc2c1. The van der Waals surface area contributed by atoms with Gasteiger partial charge in [0.05, 0.1) is 16.3 Å². The zero-order valence-electron chi connectivity index (χ0n) is 9.58. The van der Waals surface area contributed by atoms with Crippen molar-refractivity contribution in [3.63, 3.8) is 0 Å². The molecule has 0 amide bonds. The number of nitrogens with one attached hydrogen (secondary N) is 1. The summed E-state index contributed by atoms with van der Waals surface area (Å²) in [7, 11) is 0. The summed E-state index contributed by atoms with van der Waals surface area (Å²) in [5, 5.41) is 5.57. The van der Waals surface area contributed by atoms with Crippen LogP contribution in [0.15, 0.2) is 18.2 Å². The van der Waals surface area contributed by atoms with Gasteiger partial charge < -0.3 is 5.32 Å². The first-order valence-corrected chi connectivity index (χ1v) is 7.32. The number of nitrogens with zero attached hydrogens (tertiary/aromatic N) is 1. The molecule has 2 aromatic rings. The van der Waals surface area contributed by atoms with Crippen molar-refractivity contribution in [2.24, 2.45) is 0 Å². The van der Waals surface area contributed by atoms with Crippen molar-refractivity contribution >= 4 is 33.2 Å². The third kappa shape index (κ3) is 2.46. The van der Waals surface area contributed by atoms with E-state index < -0.39 is 0 Å². The highest BCUT2D eigenvalue weighted by Crippen LogP contribution is 2.31. The van der Waals surface area contributed by atoms with Gasteiger partial charge in [-0.3, -0.25) is 0 Å². The Morgan fingerprint density at radius 1 is 1.29 bits per heavy atom. The molecule has 17 heavy (non-hydrogen) atoms. The molecule has 1 saturated heterocycles. The van der Waals surface area contributed by atoms with Gasteiger partial charge in [-0.25, -0.2) is 4.98 Å². The maximum atomic E-state index is 5.99. The van der Waals surface area contributed by atoms with Gasteiger partial charge in [0, 0.05) is 5.02 Å². The molecule has 2 nitrogen and oxygen atoms in total. The van der Waals surface area contributed by atoms with Crippen LogP contribution < -0.4 is 5.32 Å². The summed E-state index contributed by atoms with van der Waals surface area (Å²) >= 11 is 7.78. The maximum absolute atomic E-state index is 5.99. The van der Waals surface area contributed by atoms with Gasteiger partial charge in [0.1, 0.15) is 5.01 Å². The van der Waals surface area contributed by atoms with Crippen molar-refractivity contribution in [1.82, 2.24) is 10.3 Å². The van der Waals surface area contributed by atoms with E-state index in [0.29, 0.717) is 6.04 Å². The quantitative estimate of drug-likeness (QED) is 0.839. The molecule has 1 aromatic carbocycles. The second kappa shape index (κ2) is 4.92. The fraction of sp³-hybridized carbons (Fsp3) is 0.462. The second-order valence-corrected chi connectivity index (χ2v) is 6.02. The predicted molar refractivity (Wildman–Crippen MR) is 73.8 cm³/mol. The van der Waals surface area contributed by atoms with Crippen LogP contribution >= 0.6 is 22.9 Å². The molecule has 1 N–H and O–H groups in total. The van der Waals surface area contributed by atoms with E-state index in [2.05, 4.69) is 11.4 Å². The summed E-state index contributed by atoms with van der Waals surface area (Å²) in [5.74, 6) is 0. The Kier molecular flexibility index (Phi) is 3.32. The van der Waals surface area contributed by atoms with Crippen LogP contribution in [0.2, 0.25) is 5.02 Å². The average molecular weight is 267 g/mol. The lowest BCUT2D eigenvalue weighted by Gasteiger charge is -2.11. The Labute approximate surface area is 110 Å². The topological polar surface area (TPSA) is 24.9 Å². The van der Waals surface area contributed by atoms with Gasteiger partial charge in [-0.15, -0.1) is 11.3 Å². The molecule has 1 atom stereocenters. The molecule has 1 aromatic heterocycles. The number of benzene rings is 1. The van der Waals surface area contributed by atoms with Crippen LogP contribution in [0.5, 0.6) is 0 Å². The van der Waals surface area contributed by atoms with Crippen LogP contribution in [0.4, 0.5) is 0 Å². The van der Waals surface area contributed by atoms with Crippen LogP contribution in [0.3, 0.4) is 0 Å². The molecule has 90 valence electrons. The number of thiazole rings is 1. The molecule has 1 aliphatic rings. The number of aromatic nitrogens is 1. The van der Waals surface area contributed by atoms with Crippen molar-refractivity contribution in [2.75, 3.05) is 6.54 Å². The van der Waals surface area contributed by atoms with Crippen LogP contribution in [0.1, 0.15) is 36.7 Å².